The number of hydrogen-bond acceptors (Lipinski definition) is 5. The number of carboxylic acid groups (broad SMARTS) is 1. The minimum Gasteiger partial charge on any atom is -0.480 e. The molecular weight excluding hydrogens is 254 g/mol. The van der Waals surface area contributed by atoms with Crippen molar-refractivity contribution in [1.82, 2.24) is 5.32 Å². The van der Waals surface area contributed by atoms with E-state index in [1.807, 2.05) is 0 Å². The second-order valence-corrected chi connectivity index (χ2v) is 5.13. The van der Waals surface area contributed by atoms with Crippen LogP contribution < -0.4 is 5.32 Å². The van der Waals surface area contributed by atoms with Gasteiger partial charge < -0.3 is 25.0 Å². The van der Waals surface area contributed by atoms with Gasteiger partial charge in [0.15, 0.2) is 0 Å². The molecule has 1 heterocycles. The van der Waals surface area contributed by atoms with E-state index in [1.165, 1.54) is 0 Å². The van der Waals surface area contributed by atoms with Crippen LogP contribution >= 0.6 is 0 Å². The molecule has 1 amide bonds. The summed E-state index contributed by atoms with van der Waals surface area (Å²) < 4.78 is 10.5. The maximum Gasteiger partial charge on any atom is 0.329 e. The normalized spacial score (nSPS) is 28.7. The van der Waals surface area contributed by atoms with E-state index >= 15 is 0 Å². The molecule has 2 aliphatic rings. The molecular formula is C12H19NO6. The summed E-state index contributed by atoms with van der Waals surface area (Å²) in [4.78, 5) is 22.5. The lowest BCUT2D eigenvalue weighted by molar-refractivity contribution is -0.149. The van der Waals surface area contributed by atoms with E-state index in [0.29, 0.717) is 25.9 Å². The summed E-state index contributed by atoms with van der Waals surface area (Å²) in [5.74, 6) is -1.23. The Bertz CT molecular complexity index is 354. The quantitative estimate of drug-likeness (QED) is 0.581. The van der Waals surface area contributed by atoms with Gasteiger partial charge in [0.25, 0.3) is 0 Å². The number of carboxylic acids is 1. The molecule has 2 rings (SSSR count). The number of aliphatic hydroxyl groups excluding tert-OH is 1. The summed E-state index contributed by atoms with van der Waals surface area (Å²) >= 11 is 0. The zero-order chi connectivity index (χ0) is 13.9. The van der Waals surface area contributed by atoms with E-state index in [-0.39, 0.29) is 25.2 Å². The Morgan fingerprint density at radius 1 is 1.42 bits per heavy atom. The van der Waals surface area contributed by atoms with Crippen molar-refractivity contribution in [3.8, 4) is 0 Å². The number of nitrogens with one attached hydrogen (secondary N) is 1. The molecule has 19 heavy (non-hydrogen) atoms. The number of aliphatic carboxylic acids is 1. The molecule has 1 saturated heterocycles. The number of rotatable bonds is 6. The van der Waals surface area contributed by atoms with Crippen LogP contribution in [0.15, 0.2) is 0 Å². The minimum atomic E-state index is -1.05. The highest BCUT2D eigenvalue weighted by molar-refractivity contribution is 5.85. The topological polar surface area (TPSA) is 105 Å². The van der Waals surface area contributed by atoms with Crippen LogP contribution in [0, 0.1) is 5.41 Å². The van der Waals surface area contributed by atoms with Gasteiger partial charge in [-0.05, 0) is 19.3 Å². The second-order valence-electron chi connectivity index (χ2n) is 5.13. The first kappa shape index (κ1) is 14.2. The van der Waals surface area contributed by atoms with Gasteiger partial charge in [-0.3, -0.25) is 4.79 Å². The van der Waals surface area contributed by atoms with Gasteiger partial charge in [0.1, 0.15) is 12.7 Å². The number of aliphatic hydroxyl groups is 1. The van der Waals surface area contributed by atoms with Crippen molar-refractivity contribution in [2.45, 2.75) is 31.4 Å². The van der Waals surface area contributed by atoms with E-state index in [4.69, 9.17) is 14.6 Å². The lowest BCUT2D eigenvalue weighted by atomic mass is 10.0. The fraction of sp³-hybridized carbons (Fsp3) is 0.833. The largest absolute Gasteiger partial charge is 0.480 e. The van der Waals surface area contributed by atoms with E-state index in [2.05, 4.69) is 5.32 Å². The highest BCUT2D eigenvalue weighted by atomic mass is 16.5. The summed E-state index contributed by atoms with van der Waals surface area (Å²) in [6.45, 7) is 0.211. The second kappa shape index (κ2) is 5.85. The Labute approximate surface area is 110 Å². The molecule has 0 bridgehead atoms. The molecule has 2 fully saturated rings. The first-order valence-corrected chi connectivity index (χ1v) is 6.40. The minimum absolute atomic E-state index is 0.150. The molecule has 7 nitrogen and oxygen atoms in total. The van der Waals surface area contributed by atoms with Crippen molar-refractivity contribution >= 4 is 11.9 Å². The molecule has 1 saturated carbocycles. The standard InChI is InChI=1S/C12H19NO6/c14-7-12(2-3-12)11(17)13-8-1-4-18-5-9(8)19-6-10(15)16/h8-9,14H,1-7H2,(H,13,17)(H,15,16)/t8-,9-/m1/s1. The predicted octanol–water partition coefficient (Wildman–Crippen LogP) is -0.866. The zero-order valence-electron chi connectivity index (χ0n) is 10.6. The van der Waals surface area contributed by atoms with Crippen molar-refractivity contribution < 1.29 is 29.3 Å². The van der Waals surface area contributed by atoms with E-state index < -0.39 is 24.1 Å². The van der Waals surface area contributed by atoms with Crippen LogP contribution in [0.3, 0.4) is 0 Å². The smallest absolute Gasteiger partial charge is 0.329 e. The summed E-state index contributed by atoms with van der Waals surface area (Å²) in [7, 11) is 0. The molecule has 1 aliphatic heterocycles. The maximum atomic E-state index is 12.0. The Morgan fingerprint density at radius 3 is 2.74 bits per heavy atom. The molecule has 2 atom stereocenters. The number of carbonyl (C=O) groups excluding carboxylic acids is 1. The molecule has 0 aromatic carbocycles. The van der Waals surface area contributed by atoms with E-state index in [0.717, 1.165) is 0 Å². The van der Waals surface area contributed by atoms with Gasteiger partial charge in [-0.1, -0.05) is 0 Å². The van der Waals surface area contributed by atoms with Gasteiger partial charge in [0, 0.05) is 6.61 Å². The number of hydrogen-bond donors (Lipinski definition) is 3. The van der Waals surface area contributed by atoms with Crippen LogP contribution in [0.2, 0.25) is 0 Å². The molecule has 7 heteroatoms. The highest BCUT2D eigenvalue weighted by Gasteiger charge is 2.50. The maximum absolute atomic E-state index is 12.0. The van der Waals surface area contributed by atoms with Gasteiger partial charge in [-0.15, -0.1) is 0 Å². The van der Waals surface area contributed by atoms with Gasteiger partial charge in [-0.25, -0.2) is 4.79 Å². The number of ether oxygens (including phenoxy) is 2. The third kappa shape index (κ3) is 3.43. The molecule has 108 valence electrons. The number of carbonyl (C=O) groups is 2. The monoisotopic (exact) mass is 273 g/mol. The van der Waals surface area contributed by atoms with Crippen molar-refractivity contribution in [3.05, 3.63) is 0 Å². The van der Waals surface area contributed by atoms with Gasteiger partial charge in [0.05, 0.1) is 24.7 Å². The molecule has 0 unspecified atom stereocenters. The fourth-order valence-electron chi connectivity index (χ4n) is 2.15. The van der Waals surface area contributed by atoms with Crippen LogP contribution in [0.4, 0.5) is 0 Å². The average Bonchev–Trinajstić information content (AvgIpc) is 3.18. The Balaban J connectivity index is 1.88. The summed E-state index contributed by atoms with van der Waals surface area (Å²) in [6.07, 6.45) is 1.51. The first-order chi connectivity index (χ1) is 9.07. The lowest BCUT2D eigenvalue weighted by Crippen LogP contribution is -2.52. The summed E-state index contributed by atoms with van der Waals surface area (Å²) in [6, 6.07) is -0.260. The van der Waals surface area contributed by atoms with Crippen LogP contribution in [-0.4, -0.2) is 60.7 Å². The summed E-state index contributed by atoms with van der Waals surface area (Å²) in [5.41, 5.74) is -0.629. The van der Waals surface area contributed by atoms with Crippen molar-refractivity contribution in [3.63, 3.8) is 0 Å². The Morgan fingerprint density at radius 2 is 2.16 bits per heavy atom. The highest BCUT2D eigenvalue weighted by Crippen LogP contribution is 2.45. The molecule has 0 spiro atoms. The van der Waals surface area contributed by atoms with Crippen molar-refractivity contribution in [2.75, 3.05) is 26.4 Å². The Kier molecular flexibility index (Phi) is 4.38. The van der Waals surface area contributed by atoms with Gasteiger partial charge >= 0.3 is 5.97 Å². The average molecular weight is 273 g/mol. The Hall–Kier alpha value is -1.18. The van der Waals surface area contributed by atoms with Gasteiger partial charge in [0.2, 0.25) is 5.91 Å². The lowest BCUT2D eigenvalue weighted by Gasteiger charge is -2.32. The van der Waals surface area contributed by atoms with E-state index in [9.17, 15) is 14.7 Å². The molecule has 0 aromatic heterocycles. The fourth-order valence-corrected chi connectivity index (χ4v) is 2.15. The first-order valence-electron chi connectivity index (χ1n) is 6.40. The number of amides is 1. The van der Waals surface area contributed by atoms with E-state index in [1.54, 1.807) is 0 Å². The van der Waals surface area contributed by atoms with Gasteiger partial charge in [-0.2, -0.15) is 0 Å². The van der Waals surface area contributed by atoms with Crippen LogP contribution in [0.1, 0.15) is 19.3 Å². The third-order valence-corrected chi connectivity index (χ3v) is 3.68. The molecule has 0 aromatic rings. The third-order valence-electron chi connectivity index (χ3n) is 3.68. The van der Waals surface area contributed by atoms with Crippen molar-refractivity contribution in [2.24, 2.45) is 5.41 Å². The predicted molar refractivity (Wildman–Crippen MR) is 63.5 cm³/mol. The van der Waals surface area contributed by atoms with Crippen molar-refractivity contribution in [1.29, 1.82) is 0 Å². The zero-order valence-corrected chi connectivity index (χ0v) is 10.6. The summed E-state index contributed by atoms with van der Waals surface area (Å²) in [5, 5.41) is 20.7. The molecule has 1 aliphatic carbocycles. The SMILES string of the molecule is O=C(O)CO[C@@H]1COCC[C@H]1NC(=O)C1(CO)CC1. The molecule has 3 N–H and O–H groups in total. The van der Waals surface area contributed by atoms with Crippen LogP contribution in [0.5, 0.6) is 0 Å². The van der Waals surface area contributed by atoms with Crippen LogP contribution in [0.25, 0.3) is 0 Å². The molecule has 0 radical (unpaired) electrons. The van der Waals surface area contributed by atoms with Crippen LogP contribution in [-0.2, 0) is 19.1 Å².